The molecule has 4 atom stereocenters. The number of rotatable bonds is 3. The lowest BCUT2D eigenvalue weighted by Gasteiger charge is -2.42. The van der Waals surface area contributed by atoms with Crippen LogP contribution in [0, 0.1) is 12.3 Å². The summed E-state index contributed by atoms with van der Waals surface area (Å²) in [5.74, 6) is 0.770. The van der Waals surface area contributed by atoms with Crippen molar-refractivity contribution >= 4 is 15.9 Å². The number of phenols is 1. The number of halogens is 1. The Balaban J connectivity index is 1.47. The Hall–Kier alpha value is -2.44. The van der Waals surface area contributed by atoms with Crippen LogP contribution in [0.2, 0.25) is 0 Å². The van der Waals surface area contributed by atoms with E-state index in [0.717, 1.165) is 52.5 Å². The van der Waals surface area contributed by atoms with Crippen molar-refractivity contribution in [1.29, 1.82) is 0 Å². The minimum absolute atomic E-state index is 0.108. The van der Waals surface area contributed by atoms with Crippen molar-refractivity contribution in [2.24, 2.45) is 5.41 Å². The van der Waals surface area contributed by atoms with E-state index in [2.05, 4.69) is 38.9 Å². The molecular formula is C26H26BrN3O2. The van der Waals surface area contributed by atoms with Gasteiger partial charge in [0.15, 0.2) is 0 Å². The second-order valence-corrected chi connectivity index (χ2v) is 10.7. The van der Waals surface area contributed by atoms with Gasteiger partial charge in [0.1, 0.15) is 11.4 Å². The number of hydrogen-bond acceptors (Lipinski definition) is 4. The van der Waals surface area contributed by atoms with E-state index in [-0.39, 0.29) is 11.3 Å². The Morgan fingerprint density at radius 3 is 2.84 bits per heavy atom. The van der Waals surface area contributed by atoms with E-state index in [9.17, 15) is 10.2 Å². The number of aromatic nitrogens is 3. The van der Waals surface area contributed by atoms with Gasteiger partial charge in [-0.3, -0.25) is 4.68 Å². The maximum Gasteiger partial charge on any atom is 0.132 e. The number of aliphatic hydroxyl groups is 1. The number of nitrogens with zero attached hydrogens (tertiary/aromatic N) is 3. The van der Waals surface area contributed by atoms with Gasteiger partial charge in [0.25, 0.3) is 0 Å². The fraction of sp³-hybridized carbons (Fsp3) is 0.385. The van der Waals surface area contributed by atoms with Gasteiger partial charge in [0.05, 0.1) is 22.8 Å². The minimum atomic E-state index is -0.776. The topological polar surface area (TPSA) is 71.2 Å². The first-order valence-electron chi connectivity index (χ1n) is 11.2. The van der Waals surface area contributed by atoms with E-state index in [1.807, 2.05) is 48.1 Å². The fourth-order valence-electron chi connectivity index (χ4n) is 6.86. The van der Waals surface area contributed by atoms with Crippen LogP contribution >= 0.6 is 15.9 Å². The SMILES string of the molecule is C=C1C[C@]23C[C@@]1(O)CC[C@H]2c1cc(Br)c(O)c(C)c1[C@@H]3Cn1cc(-c2ccccc2)nn1. The lowest BCUT2D eigenvalue weighted by Crippen LogP contribution is -2.39. The summed E-state index contributed by atoms with van der Waals surface area (Å²) in [6.45, 7) is 6.95. The molecule has 1 aromatic heterocycles. The van der Waals surface area contributed by atoms with Crippen molar-refractivity contribution < 1.29 is 10.2 Å². The number of aromatic hydroxyl groups is 1. The molecule has 3 aliphatic rings. The lowest BCUT2D eigenvalue weighted by molar-refractivity contribution is 0.00370. The second-order valence-electron chi connectivity index (χ2n) is 9.89. The number of phenolic OH excluding ortho intramolecular Hbond substituents is 1. The van der Waals surface area contributed by atoms with Crippen molar-refractivity contribution in [3.63, 3.8) is 0 Å². The number of fused-ring (bicyclic) bond motifs is 3. The zero-order chi connectivity index (χ0) is 22.3. The van der Waals surface area contributed by atoms with E-state index < -0.39 is 5.60 Å². The van der Waals surface area contributed by atoms with Gasteiger partial charge in [-0.1, -0.05) is 42.1 Å². The van der Waals surface area contributed by atoms with Crippen LogP contribution in [0.15, 0.2) is 59.2 Å². The number of benzene rings is 2. The summed E-state index contributed by atoms with van der Waals surface area (Å²) in [6.07, 6.45) is 5.23. The van der Waals surface area contributed by atoms with Crippen molar-refractivity contribution in [3.05, 3.63) is 75.9 Å². The van der Waals surface area contributed by atoms with Crippen LogP contribution < -0.4 is 0 Å². The summed E-state index contributed by atoms with van der Waals surface area (Å²) in [6, 6.07) is 12.2. The molecule has 0 amide bonds. The van der Waals surface area contributed by atoms with Gasteiger partial charge in [0, 0.05) is 11.5 Å². The first-order chi connectivity index (χ1) is 15.3. The van der Waals surface area contributed by atoms with Gasteiger partial charge >= 0.3 is 0 Å². The highest BCUT2D eigenvalue weighted by Crippen LogP contribution is 2.72. The van der Waals surface area contributed by atoms with Crippen LogP contribution in [-0.2, 0) is 6.54 Å². The third-order valence-corrected chi connectivity index (χ3v) is 8.94. The Kier molecular flexibility index (Phi) is 4.28. The molecule has 2 N–H and O–H groups in total. The van der Waals surface area contributed by atoms with Gasteiger partial charge < -0.3 is 10.2 Å². The molecule has 6 heteroatoms. The zero-order valence-corrected chi connectivity index (χ0v) is 19.6. The van der Waals surface area contributed by atoms with Gasteiger partial charge in [-0.05, 0) is 88.2 Å². The average molecular weight is 492 g/mol. The van der Waals surface area contributed by atoms with E-state index >= 15 is 0 Å². The summed E-state index contributed by atoms with van der Waals surface area (Å²) in [4.78, 5) is 0. The van der Waals surface area contributed by atoms with Crippen LogP contribution in [0.25, 0.3) is 11.3 Å². The quantitative estimate of drug-likeness (QED) is 0.476. The molecule has 2 saturated carbocycles. The van der Waals surface area contributed by atoms with Crippen LogP contribution in [0.5, 0.6) is 5.75 Å². The highest BCUT2D eigenvalue weighted by atomic mass is 79.9. The van der Waals surface area contributed by atoms with Crippen LogP contribution in [0.1, 0.15) is 54.2 Å². The van der Waals surface area contributed by atoms with E-state index in [1.165, 1.54) is 11.1 Å². The Labute approximate surface area is 195 Å². The highest BCUT2D eigenvalue weighted by molar-refractivity contribution is 9.10. The smallest absolute Gasteiger partial charge is 0.132 e. The zero-order valence-electron chi connectivity index (χ0n) is 18.1. The molecule has 6 rings (SSSR count). The van der Waals surface area contributed by atoms with Crippen molar-refractivity contribution in [3.8, 4) is 17.0 Å². The number of hydrogen-bond donors (Lipinski definition) is 2. The predicted molar refractivity (Wildman–Crippen MR) is 126 cm³/mol. The highest BCUT2D eigenvalue weighted by Gasteiger charge is 2.64. The Morgan fingerprint density at radius 1 is 1.28 bits per heavy atom. The molecule has 3 aliphatic carbocycles. The maximum atomic E-state index is 11.3. The summed E-state index contributed by atoms with van der Waals surface area (Å²) < 4.78 is 2.68. The molecular weight excluding hydrogens is 466 g/mol. The summed E-state index contributed by atoms with van der Waals surface area (Å²) in [5.41, 5.74) is 5.41. The summed E-state index contributed by atoms with van der Waals surface area (Å²) in [7, 11) is 0. The van der Waals surface area contributed by atoms with E-state index in [0.29, 0.717) is 18.2 Å². The Morgan fingerprint density at radius 2 is 2.06 bits per heavy atom. The lowest BCUT2D eigenvalue weighted by atomic mass is 9.63. The molecule has 0 radical (unpaired) electrons. The molecule has 0 unspecified atom stereocenters. The van der Waals surface area contributed by atoms with Crippen molar-refractivity contribution in [2.45, 2.75) is 56.6 Å². The van der Waals surface area contributed by atoms with Gasteiger partial charge in [-0.2, -0.15) is 0 Å². The third-order valence-electron chi connectivity index (χ3n) is 8.34. The molecule has 2 aromatic carbocycles. The van der Waals surface area contributed by atoms with Gasteiger partial charge in [0.2, 0.25) is 0 Å². The first kappa shape index (κ1) is 20.2. The monoisotopic (exact) mass is 491 g/mol. The van der Waals surface area contributed by atoms with E-state index in [1.54, 1.807) is 0 Å². The third kappa shape index (κ3) is 2.66. The fourth-order valence-corrected chi connectivity index (χ4v) is 7.41. The molecule has 32 heavy (non-hydrogen) atoms. The predicted octanol–water partition coefficient (Wildman–Crippen LogP) is 5.46. The standard InChI is InChI=1S/C26H26BrN3O2/c1-15-11-25-14-26(15,32)9-8-19(25)18-10-21(27)24(31)16(2)23(18)20(25)12-30-13-22(28-29-30)17-6-4-3-5-7-17/h3-7,10,13,19-20,31-32H,1,8-9,11-12,14H2,2H3/t19-,20-,25-,26-/m0/s1. The first-order valence-corrected chi connectivity index (χ1v) is 12.0. The maximum absolute atomic E-state index is 11.3. The Bertz CT molecular complexity index is 1250. The second kappa shape index (κ2) is 6.78. The molecule has 1 heterocycles. The van der Waals surface area contributed by atoms with Crippen molar-refractivity contribution in [1.82, 2.24) is 15.0 Å². The molecule has 5 nitrogen and oxygen atoms in total. The molecule has 1 spiro atoms. The molecule has 0 aliphatic heterocycles. The van der Waals surface area contributed by atoms with Crippen LogP contribution in [0.3, 0.4) is 0 Å². The normalized spacial score (nSPS) is 30.4. The van der Waals surface area contributed by atoms with Crippen molar-refractivity contribution in [2.75, 3.05) is 0 Å². The van der Waals surface area contributed by atoms with Gasteiger partial charge in [-0.25, -0.2) is 0 Å². The largest absolute Gasteiger partial charge is 0.506 e. The van der Waals surface area contributed by atoms with Gasteiger partial charge in [-0.15, -0.1) is 5.10 Å². The molecule has 2 fully saturated rings. The summed E-state index contributed by atoms with van der Waals surface area (Å²) >= 11 is 3.56. The average Bonchev–Trinajstić information content (AvgIpc) is 3.40. The van der Waals surface area contributed by atoms with Crippen LogP contribution in [-0.4, -0.2) is 30.8 Å². The molecule has 164 valence electrons. The summed E-state index contributed by atoms with van der Waals surface area (Å²) in [5, 5.41) is 31.0. The molecule has 2 bridgehead atoms. The molecule has 3 aromatic rings. The van der Waals surface area contributed by atoms with Crippen LogP contribution in [0.4, 0.5) is 0 Å². The minimum Gasteiger partial charge on any atom is -0.506 e. The molecule has 0 saturated heterocycles. The van der Waals surface area contributed by atoms with E-state index in [4.69, 9.17) is 0 Å².